The van der Waals surface area contributed by atoms with Crippen LogP contribution in [0.25, 0.3) is 0 Å². The Hall–Kier alpha value is -1.65. The maximum absolute atomic E-state index is 13.4. The Morgan fingerprint density at radius 2 is 2.20 bits per heavy atom. The molecule has 0 fully saturated rings. The van der Waals surface area contributed by atoms with Crippen molar-refractivity contribution in [2.75, 3.05) is 6.54 Å². The predicted octanol–water partition coefficient (Wildman–Crippen LogP) is 4.34. The highest BCUT2D eigenvalue weighted by atomic mass is 35.5. The minimum atomic E-state index is -0.513. The van der Waals surface area contributed by atoms with Gasteiger partial charge in [-0.05, 0) is 31.7 Å². The molecule has 0 saturated heterocycles. The van der Waals surface area contributed by atoms with Gasteiger partial charge >= 0.3 is 0 Å². The maximum atomic E-state index is 13.4. The van der Waals surface area contributed by atoms with Crippen LogP contribution in [0, 0.1) is 5.82 Å². The van der Waals surface area contributed by atoms with Gasteiger partial charge in [-0.2, -0.15) is 0 Å². The molecule has 1 unspecified atom stereocenters. The highest BCUT2D eigenvalue weighted by molar-refractivity contribution is 6.30. The number of benzene rings is 1. The molecule has 1 aromatic heterocycles. The monoisotopic (exact) mass is 294 g/mol. The van der Waals surface area contributed by atoms with Crippen molar-refractivity contribution in [1.82, 2.24) is 10.3 Å². The zero-order valence-corrected chi connectivity index (χ0v) is 12.1. The lowest BCUT2D eigenvalue weighted by Crippen LogP contribution is -2.18. The SMILES string of the molecule is CCNC(C)c1cccnc1Oc1ccc(Cl)c(F)c1. The Bertz CT molecular complexity index is 592. The number of nitrogens with one attached hydrogen (secondary N) is 1. The summed E-state index contributed by atoms with van der Waals surface area (Å²) in [6, 6.07) is 8.20. The quantitative estimate of drug-likeness (QED) is 0.891. The molecule has 1 N–H and O–H groups in total. The normalized spacial score (nSPS) is 12.2. The zero-order chi connectivity index (χ0) is 14.5. The zero-order valence-electron chi connectivity index (χ0n) is 11.4. The molecular weight excluding hydrogens is 279 g/mol. The molecule has 2 rings (SSSR count). The Morgan fingerprint density at radius 1 is 1.40 bits per heavy atom. The Labute approximate surface area is 122 Å². The lowest BCUT2D eigenvalue weighted by Gasteiger charge is -2.16. The van der Waals surface area contributed by atoms with Crippen LogP contribution in [0.3, 0.4) is 0 Å². The number of ether oxygens (including phenoxy) is 1. The van der Waals surface area contributed by atoms with Crippen LogP contribution >= 0.6 is 11.6 Å². The molecule has 0 aliphatic carbocycles. The summed E-state index contributed by atoms with van der Waals surface area (Å²) in [6.07, 6.45) is 1.64. The summed E-state index contributed by atoms with van der Waals surface area (Å²) in [5.74, 6) is 0.319. The summed E-state index contributed by atoms with van der Waals surface area (Å²) < 4.78 is 19.1. The summed E-state index contributed by atoms with van der Waals surface area (Å²) >= 11 is 5.65. The molecule has 106 valence electrons. The number of nitrogens with zero attached hydrogens (tertiary/aromatic N) is 1. The van der Waals surface area contributed by atoms with Crippen molar-refractivity contribution < 1.29 is 9.13 Å². The topological polar surface area (TPSA) is 34.2 Å². The second-order valence-electron chi connectivity index (χ2n) is 4.36. The van der Waals surface area contributed by atoms with Crippen molar-refractivity contribution in [3.63, 3.8) is 0 Å². The van der Waals surface area contributed by atoms with E-state index in [4.69, 9.17) is 16.3 Å². The van der Waals surface area contributed by atoms with Crippen LogP contribution in [0.15, 0.2) is 36.5 Å². The number of rotatable bonds is 5. The average Bonchev–Trinajstić information content (AvgIpc) is 2.44. The highest BCUT2D eigenvalue weighted by Crippen LogP contribution is 2.29. The molecular formula is C15H16ClFN2O. The van der Waals surface area contributed by atoms with Crippen molar-refractivity contribution in [3.8, 4) is 11.6 Å². The van der Waals surface area contributed by atoms with E-state index in [2.05, 4.69) is 10.3 Å². The predicted molar refractivity (Wildman–Crippen MR) is 77.8 cm³/mol. The molecule has 0 aliphatic heterocycles. The van der Waals surface area contributed by atoms with Crippen LogP contribution in [0.5, 0.6) is 11.6 Å². The van der Waals surface area contributed by atoms with E-state index in [1.54, 1.807) is 12.3 Å². The summed E-state index contributed by atoms with van der Waals surface area (Å²) in [5.41, 5.74) is 0.921. The van der Waals surface area contributed by atoms with Gasteiger partial charge in [-0.3, -0.25) is 0 Å². The molecule has 2 aromatic rings. The van der Waals surface area contributed by atoms with Crippen LogP contribution < -0.4 is 10.1 Å². The Kier molecular flexibility index (Phi) is 4.93. The second-order valence-corrected chi connectivity index (χ2v) is 4.76. The van der Waals surface area contributed by atoms with Gasteiger partial charge in [-0.15, -0.1) is 0 Å². The fourth-order valence-electron chi connectivity index (χ4n) is 1.89. The van der Waals surface area contributed by atoms with Crippen LogP contribution in [0.2, 0.25) is 5.02 Å². The molecule has 3 nitrogen and oxygen atoms in total. The van der Waals surface area contributed by atoms with Crippen molar-refractivity contribution in [1.29, 1.82) is 0 Å². The van der Waals surface area contributed by atoms with E-state index in [1.165, 1.54) is 12.1 Å². The Morgan fingerprint density at radius 3 is 2.90 bits per heavy atom. The van der Waals surface area contributed by atoms with Crippen LogP contribution in [-0.2, 0) is 0 Å². The lowest BCUT2D eigenvalue weighted by molar-refractivity contribution is 0.440. The first kappa shape index (κ1) is 14.8. The van der Waals surface area contributed by atoms with E-state index >= 15 is 0 Å². The first-order valence-corrected chi connectivity index (χ1v) is 6.80. The van der Waals surface area contributed by atoms with Gasteiger partial charge in [0.2, 0.25) is 5.88 Å². The van der Waals surface area contributed by atoms with Crippen LogP contribution in [-0.4, -0.2) is 11.5 Å². The largest absolute Gasteiger partial charge is 0.439 e. The summed E-state index contributed by atoms with van der Waals surface area (Å²) in [4.78, 5) is 4.21. The van der Waals surface area contributed by atoms with Gasteiger partial charge in [0.1, 0.15) is 11.6 Å². The fraction of sp³-hybridized carbons (Fsp3) is 0.267. The molecule has 0 bridgehead atoms. The van der Waals surface area contributed by atoms with Gasteiger partial charge in [-0.25, -0.2) is 9.37 Å². The highest BCUT2D eigenvalue weighted by Gasteiger charge is 2.13. The van der Waals surface area contributed by atoms with E-state index in [9.17, 15) is 4.39 Å². The van der Waals surface area contributed by atoms with Gasteiger partial charge < -0.3 is 10.1 Å². The van der Waals surface area contributed by atoms with Gasteiger partial charge in [0.25, 0.3) is 0 Å². The van der Waals surface area contributed by atoms with E-state index in [0.29, 0.717) is 11.6 Å². The van der Waals surface area contributed by atoms with Gasteiger partial charge in [0, 0.05) is 23.9 Å². The Balaban J connectivity index is 2.26. The first-order valence-electron chi connectivity index (χ1n) is 6.43. The first-order chi connectivity index (χ1) is 9.61. The number of pyridine rings is 1. The van der Waals surface area contributed by atoms with Gasteiger partial charge in [0.15, 0.2) is 0 Å². The summed E-state index contributed by atoms with van der Waals surface area (Å²) in [7, 11) is 0. The van der Waals surface area contributed by atoms with Gasteiger partial charge in [-0.1, -0.05) is 24.6 Å². The number of aromatic nitrogens is 1. The van der Waals surface area contributed by atoms with E-state index in [0.717, 1.165) is 12.1 Å². The van der Waals surface area contributed by atoms with Crippen molar-refractivity contribution in [2.24, 2.45) is 0 Å². The molecule has 20 heavy (non-hydrogen) atoms. The van der Waals surface area contributed by atoms with E-state index in [-0.39, 0.29) is 11.1 Å². The third-order valence-corrected chi connectivity index (χ3v) is 3.19. The number of hydrogen-bond acceptors (Lipinski definition) is 3. The van der Waals surface area contributed by atoms with E-state index in [1.807, 2.05) is 26.0 Å². The third kappa shape index (κ3) is 3.46. The molecule has 1 heterocycles. The van der Waals surface area contributed by atoms with E-state index < -0.39 is 5.82 Å². The smallest absolute Gasteiger partial charge is 0.223 e. The van der Waals surface area contributed by atoms with Crippen molar-refractivity contribution in [2.45, 2.75) is 19.9 Å². The molecule has 0 amide bonds. The second kappa shape index (κ2) is 6.68. The molecule has 1 aromatic carbocycles. The fourth-order valence-corrected chi connectivity index (χ4v) is 2.00. The van der Waals surface area contributed by atoms with Crippen LogP contribution in [0.1, 0.15) is 25.5 Å². The third-order valence-electron chi connectivity index (χ3n) is 2.88. The standard InChI is InChI=1S/C15H16ClFN2O/c1-3-18-10(2)12-5-4-8-19-15(12)20-11-6-7-13(16)14(17)9-11/h4-10,18H,3H2,1-2H3. The van der Waals surface area contributed by atoms with Crippen molar-refractivity contribution >= 4 is 11.6 Å². The van der Waals surface area contributed by atoms with Crippen molar-refractivity contribution in [3.05, 3.63) is 52.9 Å². The summed E-state index contributed by atoms with van der Waals surface area (Å²) in [5, 5.41) is 3.36. The number of hydrogen-bond donors (Lipinski definition) is 1. The minimum absolute atomic E-state index is 0.0691. The summed E-state index contributed by atoms with van der Waals surface area (Å²) in [6.45, 7) is 4.89. The molecule has 0 saturated carbocycles. The molecule has 0 spiro atoms. The molecule has 1 atom stereocenters. The molecule has 0 aliphatic rings. The lowest BCUT2D eigenvalue weighted by atomic mass is 10.1. The average molecular weight is 295 g/mol. The maximum Gasteiger partial charge on any atom is 0.223 e. The minimum Gasteiger partial charge on any atom is -0.439 e. The molecule has 5 heteroatoms. The number of halogens is 2. The molecule has 0 radical (unpaired) electrons. The van der Waals surface area contributed by atoms with Gasteiger partial charge in [0.05, 0.1) is 5.02 Å². The van der Waals surface area contributed by atoms with Crippen LogP contribution in [0.4, 0.5) is 4.39 Å².